The highest BCUT2D eigenvalue weighted by atomic mass is 19.4. The monoisotopic (exact) mass is 483 g/mol. The molecule has 1 fully saturated rings. The van der Waals surface area contributed by atoms with Crippen LogP contribution in [0.2, 0.25) is 0 Å². The third-order valence-corrected chi connectivity index (χ3v) is 5.46. The number of cyclic esters (lactones) is 1. The van der Waals surface area contributed by atoms with Crippen LogP contribution in [0.15, 0.2) is 42.1 Å². The number of carbonyl (C=O) groups excluding carboxylic acids is 1. The number of ether oxygens (including phenoxy) is 2. The van der Waals surface area contributed by atoms with Gasteiger partial charge in [-0.1, -0.05) is 13.8 Å². The van der Waals surface area contributed by atoms with Crippen LogP contribution >= 0.6 is 0 Å². The van der Waals surface area contributed by atoms with E-state index >= 15 is 0 Å². The summed E-state index contributed by atoms with van der Waals surface area (Å²) in [6, 6.07) is 5.32. The molecule has 0 spiro atoms. The van der Waals surface area contributed by atoms with Crippen LogP contribution in [-0.4, -0.2) is 17.6 Å². The zero-order chi connectivity index (χ0) is 24.8. The second kappa shape index (κ2) is 8.41. The number of hydrogen-bond acceptors (Lipinski definition) is 3. The van der Waals surface area contributed by atoms with Gasteiger partial charge >= 0.3 is 18.3 Å². The van der Waals surface area contributed by atoms with E-state index in [9.17, 15) is 31.1 Å². The minimum Gasteiger partial charge on any atom is -0.462 e. The summed E-state index contributed by atoms with van der Waals surface area (Å²) in [5.41, 5.74) is -2.11. The number of hydrogen-bond donors (Lipinski definition) is 1. The first-order valence-corrected chi connectivity index (χ1v) is 10.3. The van der Waals surface area contributed by atoms with E-state index in [2.05, 4.69) is 4.98 Å². The number of benzene rings is 2. The van der Waals surface area contributed by atoms with Gasteiger partial charge in [0.05, 0.1) is 17.7 Å². The number of halogens is 6. The highest BCUT2D eigenvalue weighted by Crippen LogP contribution is 2.47. The fourth-order valence-electron chi connectivity index (χ4n) is 3.83. The van der Waals surface area contributed by atoms with Gasteiger partial charge < -0.3 is 14.5 Å². The predicted molar refractivity (Wildman–Crippen MR) is 112 cm³/mol. The maximum atomic E-state index is 13.9. The van der Waals surface area contributed by atoms with E-state index in [1.54, 1.807) is 6.20 Å². The Morgan fingerprint density at radius 1 is 1.03 bits per heavy atom. The van der Waals surface area contributed by atoms with Gasteiger partial charge in [-0.2, -0.15) is 26.3 Å². The van der Waals surface area contributed by atoms with Crippen LogP contribution in [0.3, 0.4) is 0 Å². The molecule has 4 rings (SSSR count). The van der Waals surface area contributed by atoms with Gasteiger partial charge in [0.15, 0.2) is 5.75 Å². The highest BCUT2D eigenvalue weighted by molar-refractivity contribution is 5.95. The van der Waals surface area contributed by atoms with Crippen LogP contribution in [0, 0.1) is 0 Å². The molecule has 0 atom stereocenters. The van der Waals surface area contributed by atoms with Crippen molar-refractivity contribution in [3.05, 3.63) is 64.4 Å². The van der Waals surface area contributed by atoms with Gasteiger partial charge in [0, 0.05) is 29.1 Å². The Morgan fingerprint density at radius 2 is 1.68 bits per heavy atom. The van der Waals surface area contributed by atoms with Gasteiger partial charge in [-0.3, -0.25) is 0 Å². The largest absolute Gasteiger partial charge is 0.462 e. The van der Waals surface area contributed by atoms with E-state index in [0.29, 0.717) is 23.0 Å². The Labute approximate surface area is 190 Å². The van der Waals surface area contributed by atoms with Gasteiger partial charge in [0.25, 0.3) is 0 Å². The lowest BCUT2D eigenvalue weighted by molar-refractivity contribution is -0.145. The fourth-order valence-corrected chi connectivity index (χ4v) is 3.83. The molecule has 2 heterocycles. The first kappa shape index (κ1) is 23.7. The molecular formula is C24H19F6NO3. The summed E-state index contributed by atoms with van der Waals surface area (Å²) in [5, 5.41) is 0.635. The molecule has 180 valence electrons. The topological polar surface area (TPSA) is 51.3 Å². The van der Waals surface area contributed by atoms with Crippen LogP contribution in [0.5, 0.6) is 11.5 Å². The van der Waals surface area contributed by atoms with Crippen molar-refractivity contribution in [3.8, 4) is 11.5 Å². The smallest absolute Gasteiger partial charge is 0.420 e. The number of nitrogens with one attached hydrogen (secondary N) is 1. The predicted octanol–water partition coefficient (Wildman–Crippen LogP) is 7.45. The van der Waals surface area contributed by atoms with Crippen LogP contribution < -0.4 is 4.74 Å². The number of esters is 1. The van der Waals surface area contributed by atoms with Crippen LogP contribution in [0.25, 0.3) is 17.0 Å². The summed E-state index contributed by atoms with van der Waals surface area (Å²) in [6.45, 7) is 3.84. The van der Waals surface area contributed by atoms with Crippen molar-refractivity contribution < 1.29 is 40.6 Å². The molecular weight excluding hydrogens is 464 g/mol. The summed E-state index contributed by atoms with van der Waals surface area (Å²) >= 11 is 0. The van der Waals surface area contributed by atoms with Crippen LogP contribution in [0.1, 0.15) is 48.4 Å². The summed E-state index contributed by atoms with van der Waals surface area (Å²) in [5.74, 6) is -2.23. The summed E-state index contributed by atoms with van der Waals surface area (Å²) in [6.07, 6.45) is -7.50. The molecule has 3 aromatic rings. The first-order valence-electron chi connectivity index (χ1n) is 10.3. The lowest BCUT2D eigenvalue weighted by Gasteiger charge is -2.20. The van der Waals surface area contributed by atoms with E-state index in [1.807, 2.05) is 13.8 Å². The van der Waals surface area contributed by atoms with E-state index < -0.39 is 40.8 Å². The maximum absolute atomic E-state index is 13.9. The van der Waals surface area contributed by atoms with E-state index in [0.717, 1.165) is 11.6 Å². The quantitative estimate of drug-likeness (QED) is 0.238. The van der Waals surface area contributed by atoms with Crippen LogP contribution in [0.4, 0.5) is 26.3 Å². The van der Waals surface area contributed by atoms with Crippen molar-refractivity contribution in [1.29, 1.82) is 0 Å². The zero-order valence-corrected chi connectivity index (χ0v) is 18.0. The van der Waals surface area contributed by atoms with E-state index in [-0.39, 0.29) is 30.3 Å². The summed E-state index contributed by atoms with van der Waals surface area (Å²) in [4.78, 5) is 14.7. The van der Waals surface area contributed by atoms with Crippen molar-refractivity contribution in [2.45, 2.75) is 38.5 Å². The normalized spacial score (nSPS) is 16.0. The molecule has 1 saturated heterocycles. The molecule has 1 N–H and O–H groups in total. The SMILES string of the molecule is CC(C)c1c[nH]c2ccc(Oc3c(C(F)(F)F)cc(/C=C4\CCOC4=O)cc3C(F)(F)F)cc12. The Bertz CT molecular complexity index is 1250. The van der Waals surface area contributed by atoms with Crippen molar-refractivity contribution >= 4 is 22.9 Å². The molecule has 0 amide bonds. The number of rotatable bonds is 4. The van der Waals surface area contributed by atoms with Crippen molar-refractivity contribution in [2.24, 2.45) is 0 Å². The van der Waals surface area contributed by atoms with E-state index in [4.69, 9.17) is 9.47 Å². The molecule has 0 aliphatic carbocycles. The zero-order valence-electron chi connectivity index (χ0n) is 18.0. The minimum atomic E-state index is -5.15. The Balaban J connectivity index is 1.88. The molecule has 34 heavy (non-hydrogen) atoms. The van der Waals surface area contributed by atoms with Gasteiger partial charge in [-0.25, -0.2) is 4.79 Å². The molecule has 0 unspecified atom stereocenters. The molecule has 2 aromatic carbocycles. The Hall–Kier alpha value is -3.43. The standard InChI is InChI=1S/C24H19F6NO3/c1-12(2)17-11-31-20-4-3-15(10-16(17)20)34-21-18(23(25,26)27)8-13(9-19(21)24(28,29)30)7-14-5-6-33-22(14)32/h3-4,7-12,31H,5-6H2,1-2H3/b14-7+. The number of H-pyrrole nitrogens is 1. The second-order valence-corrected chi connectivity index (χ2v) is 8.20. The lowest BCUT2D eigenvalue weighted by Crippen LogP contribution is -2.14. The number of fused-ring (bicyclic) bond motifs is 1. The number of aromatic amines is 1. The average molecular weight is 483 g/mol. The van der Waals surface area contributed by atoms with Gasteiger partial charge in [-0.15, -0.1) is 0 Å². The summed E-state index contributed by atoms with van der Waals surface area (Å²) in [7, 11) is 0. The molecule has 1 aliphatic heterocycles. The second-order valence-electron chi connectivity index (χ2n) is 8.20. The number of carbonyl (C=O) groups is 1. The molecule has 0 radical (unpaired) electrons. The lowest BCUT2D eigenvalue weighted by atomic mass is 10.00. The Kier molecular flexibility index (Phi) is 5.87. The fraction of sp³-hybridized carbons (Fsp3) is 0.292. The maximum Gasteiger partial charge on any atom is 0.420 e. The summed E-state index contributed by atoms with van der Waals surface area (Å²) < 4.78 is 93.4. The highest BCUT2D eigenvalue weighted by Gasteiger charge is 2.43. The third kappa shape index (κ3) is 4.62. The Morgan fingerprint density at radius 3 is 2.21 bits per heavy atom. The minimum absolute atomic E-state index is 0.00552. The van der Waals surface area contributed by atoms with Crippen molar-refractivity contribution in [1.82, 2.24) is 4.98 Å². The molecule has 1 aromatic heterocycles. The molecule has 0 saturated carbocycles. The molecule has 0 bridgehead atoms. The number of aromatic nitrogens is 1. The first-order chi connectivity index (χ1) is 15.8. The van der Waals surface area contributed by atoms with Gasteiger partial charge in [0.1, 0.15) is 5.75 Å². The molecule has 10 heteroatoms. The molecule has 1 aliphatic rings. The van der Waals surface area contributed by atoms with Gasteiger partial charge in [-0.05, 0) is 53.5 Å². The third-order valence-electron chi connectivity index (χ3n) is 5.46. The average Bonchev–Trinajstić information content (AvgIpc) is 3.33. The van der Waals surface area contributed by atoms with Crippen molar-refractivity contribution in [3.63, 3.8) is 0 Å². The van der Waals surface area contributed by atoms with Gasteiger partial charge in [0.2, 0.25) is 0 Å². The van der Waals surface area contributed by atoms with Crippen LogP contribution in [-0.2, 0) is 21.9 Å². The number of alkyl halides is 6. The molecule has 4 nitrogen and oxygen atoms in total. The van der Waals surface area contributed by atoms with E-state index in [1.165, 1.54) is 18.2 Å². The van der Waals surface area contributed by atoms with Crippen molar-refractivity contribution in [2.75, 3.05) is 6.61 Å².